The molecule has 0 aromatic carbocycles. The maximum absolute atomic E-state index is 13.9. The molecule has 3 rings (SSSR count). The highest BCUT2D eigenvalue weighted by molar-refractivity contribution is 6.62. The number of aromatic nitrogens is 1. The summed E-state index contributed by atoms with van der Waals surface area (Å²) in [4.78, 5) is 3.85. The normalized spacial score (nSPS) is 24.8. The van der Waals surface area contributed by atoms with E-state index in [4.69, 9.17) is 9.31 Å². The van der Waals surface area contributed by atoms with E-state index in [2.05, 4.69) is 4.98 Å². The molecule has 0 radical (unpaired) electrons. The molecule has 1 saturated carbocycles. The molecule has 1 aromatic rings. The Morgan fingerprint density at radius 3 is 2.32 bits per heavy atom. The molecule has 3 nitrogen and oxygen atoms in total. The largest absolute Gasteiger partial charge is 0.499 e. The molecule has 5 heteroatoms. The van der Waals surface area contributed by atoms with Crippen LogP contribution in [0.4, 0.5) is 4.39 Å². The van der Waals surface area contributed by atoms with Gasteiger partial charge in [0.25, 0.3) is 0 Å². The van der Waals surface area contributed by atoms with Crippen LogP contribution in [0.3, 0.4) is 0 Å². The number of pyridine rings is 1. The second kappa shape index (κ2) is 4.03. The Hall–Kier alpha value is -0.935. The third kappa shape index (κ3) is 2.19. The van der Waals surface area contributed by atoms with E-state index < -0.39 is 24.3 Å². The van der Waals surface area contributed by atoms with Crippen LogP contribution in [0.2, 0.25) is 0 Å². The maximum Gasteiger partial charge on any atom is 0.499 e. The fourth-order valence-corrected chi connectivity index (χ4v) is 2.26. The lowest BCUT2D eigenvalue weighted by Crippen LogP contribution is -2.41. The minimum Gasteiger partial charge on any atom is -0.399 e. The van der Waals surface area contributed by atoms with Crippen molar-refractivity contribution in [3.8, 4) is 0 Å². The molecule has 0 unspecified atom stereocenters. The van der Waals surface area contributed by atoms with Crippen molar-refractivity contribution in [2.75, 3.05) is 0 Å². The van der Waals surface area contributed by atoms with E-state index in [1.54, 1.807) is 6.20 Å². The van der Waals surface area contributed by atoms with Gasteiger partial charge in [0.15, 0.2) is 0 Å². The molecule has 2 fully saturated rings. The smallest absolute Gasteiger partial charge is 0.399 e. The van der Waals surface area contributed by atoms with E-state index in [1.165, 1.54) is 0 Å². The first-order valence-electron chi connectivity index (χ1n) is 6.81. The summed E-state index contributed by atoms with van der Waals surface area (Å²) in [7, 11) is -0.670. The lowest BCUT2D eigenvalue weighted by molar-refractivity contribution is 0.00578. The van der Waals surface area contributed by atoms with Gasteiger partial charge in [0.1, 0.15) is 0 Å². The van der Waals surface area contributed by atoms with Gasteiger partial charge in [0.2, 0.25) is 5.95 Å². The lowest BCUT2D eigenvalue weighted by atomic mass is 9.79. The molecule has 1 aliphatic carbocycles. The van der Waals surface area contributed by atoms with Crippen LogP contribution in [-0.4, -0.2) is 23.3 Å². The second-order valence-corrected chi connectivity index (χ2v) is 6.51. The summed E-state index contributed by atoms with van der Waals surface area (Å²) in [5, 5.41) is 0. The van der Waals surface area contributed by atoms with Crippen molar-refractivity contribution in [2.45, 2.75) is 57.7 Å². The molecule has 0 atom stereocenters. The summed E-state index contributed by atoms with van der Waals surface area (Å²) in [6, 6.07) is 1.85. The summed E-state index contributed by atoms with van der Waals surface area (Å²) in [5.41, 5.74) is 0.591. The third-order valence-electron chi connectivity index (χ3n) is 4.44. The predicted molar refractivity (Wildman–Crippen MR) is 71.9 cm³/mol. The lowest BCUT2D eigenvalue weighted by Gasteiger charge is -2.32. The molecule has 1 saturated heterocycles. The average molecular weight is 263 g/mol. The van der Waals surface area contributed by atoms with E-state index in [0.29, 0.717) is 11.4 Å². The topological polar surface area (TPSA) is 31.4 Å². The third-order valence-corrected chi connectivity index (χ3v) is 4.44. The molecule has 0 spiro atoms. The average Bonchev–Trinajstić information content (AvgIpc) is 3.08. The van der Waals surface area contributed by atoms with Crippen molar-refractivity contribution in [3.05, 3.63) is 23.8 Å². The fraction of sp³-hybridized carbons (Fsp3) is 0.643. The first-order chi connectivity index (χ1) is 8.80. The minimum absolute atomic E-state index is 0.419. The Morgan fingerprint density at radius 2 is 1.79 bits per heavy atom. The van der Waals surface area contributed by atoms with Crippen LogP contribution in [0.5, 0.6) is 0 Å². The highest BCUT2D eigenvalue weighted by Gasteiger charge is 2.52. The van der Waals surface area contributed by atoms with Gasteiger partial charge in [-0.3, -0.25) is 0 Å². The Balaban J connectivity index is 1.92. The highest BCUT2D eigenvalue weighted by Crippen LogP contribution is 2.40. The predicted octanol–water partition coefficient (Wildman–Crippen LogP) is 2.40. The first-order valence-corrected chi connectivity index (χ1v) is 6.81. The van der Waals surface area contributed by atoms with Crippen LogP contribution in [0.15, 0.2) is 12.3 Å². The van der Waals surface area contributed by atoms with Crippen LogP contribution in [0, 0.1) is 5.95 Å². The van der Waals surface area contributed by atoms with Crippen LogP contribution >= 0.6 is 0 Å². The zero-order valence-electron chi connectivity index (χ0n) is 11.9. The molecule has 0 amide bonds. The van der Waals surface area contributed by atoms with E-state index in [9.17, 15) is 4.39 Å². The molecule has 2 heterocycles. The molecular weight excluding hydrogens is 244 g/mol. The van der Waals surface area contributed by atoms with Gasteiger partial charge in [-0.05, 0) is 52.0 Å². The number of hydrogen-bond donors (Lipinski definition) is 0. The quantitative estimate of drug-likeness (QED) is 0.606. The fourth-order valence-electron chi connectivity index (χ4n) is 2.26. The Morgan fingerprint density at radius 1 is 1.21 bits per heavy atom. The monoisotopic (exact) mass is 263 g/mol. The Bertz CT molecular complexity index is 498. The summed E-state index contributed by atoms with van der Waals surface area (Å²) in [6.07, 6.45) is 3.95. The molecule has 2 aliphatic rings. The number of halogens is 1. The molecule has 0 bridgehead atoms. The number of hydrogen-bond acceptors (Lipinski definition) is 3. The molecule has 1 aromatic heterocycles. The summed E-state index contributed by atoms with van der Waals surface area (Å²) >= 11 is 0. The Labute approximate surface area is 113 Å². The van der Waals surface area contributed by atoms with Crippen molar-refractivity contribution < 1.29 is 13.7 Å². The standard InChI is InChI=1S/C14H19BFNO2/c1-13(2)14(3,4)19-15(18-13)11-7-10(9-5-6-9)8-17-12(11)16/h7-9H,5-6H2,1-4H3. The SMILES string of the molecule is CC1(C)OB(c2cc(C3CC3)cnc2F)OC1(C)C. The zero-order chi connectivity index (χ0) is 13.8. The van der Waals surface area contributed by atoms with Gasteiger partial charge in [0.05, 0.1) is 11.2 Å². The summed E-state index contributed by atoms with van der Waals surface area (Å²) in [5.74, 6) is 0.0390. The Kier molecular flexibility index (Phi) is 2.77. The van der Waals surface area contributed by atoms with Gasteiger partial charge in [0, 0.05) is 11.7 Å². The zero-order valence-corrected chi connectivity index (χ0v) is 11.9. The van der Waals surface area contributed by atoms with E-state index >= 15 is 0 Å². The van der Waals surface area contributed by atoms with Crippen molar-refractivity contribution in [3.63, 3.8) is 0 Å². The van der Waals surface area contributed by atoms with E-state index in [1.807, 2.05) is 33.8 Å². The van der Waals surface area contributed by atoms with Crippen LogP contribution in [0.1, 0.15) is 52.0 Å². The van der Waals surface area contributed by atoms with Crippen molar-refractivity contribution in [2.24, 2.45) is 0 Å². The van der Waals surface area contributed by atoms with E-state index in [-0.39, 0.29) is 0 Å². The summed E-state index contributed by atoms with van der Waals surface area (Å²) < 4.78 is 25.7. The van der Waals surface area contributed by atoms with Crippen molar-refractivity contribution in [1.29, 1.82) is 0 Å². The van der Waals surface area contributed by atoms with E-state index in [0.717, 1.165) is 18.4 Å². The molecule has 0 N–H and O–H groups in total. The maximum atomic E-state index is 13.9. The van der Waals surface area contributed by atoms with Crippen LogP contribution in [-0.2, 0) is 9.31 Å². The van der Waals surface area contributed by atoms with Gasteiger partial charge in [-0.15, -0.1) is 0 Å². The molecular formula is C14H19BFNO2. The minimum atomic E-state index is -0.670. The molecule has 102 valence electrons. The number of nitrogens with zero attached hydrogens (tertiary/aromatic N) is 1. The van der Waals surface area contributed by atoms with Gasteiger partial charge in [-0.1, -0.05) is 6.07 Å². The van der Waals surface area contributed by atoms with Gasteiger partial charge >= 0.3 is 7.12 Å². The first kappa shape index (κ1) is 13.1. The van der Waals surface area contributed by atoms with Gasteiger partial charge < -0.3 is 9.31 Å². The van der Waals surface area contributed by atoms with Crippen molar-refractivity contribution in [1.82, 2.24) is 4.98 Å². The van der Waals surface area contributed by atoms with Crippen LogP contribution < -0.4 is 5.46 Å². The second-order valence-electron chi connectivity index (χ2n) is 6.51. The van der Waals surface area contributed by atoms with Gasteiger partial charge in [-0.25, -0.2) is 4.98 Å². The van der Waals surface area contributed by atoms with Crippen LogP contribution in [0.25, 0.3) is 0 Å². The molecule has 19 heavy (non-hydrogen) atoms. The highest BCUT2D eigenvalue weighted by atomic mass is 19.1. The van der Waals surface area contributed by atoms with Crippen molar-refractivity contribution >= 4 is 12.6 Å². The number of rotatable bonds is 2. The molecule has 1 aliphatic heterocycles. The summed E-state index contributed by atoms with van der Waals surface area (Å²) in [6.45, 7) is 7.85. The van der Waals surface area contributed by atoms with Gasteiger partial charge in [-0.2, -0.15) is 4.39 Å².